The number of likely N-dealkylation sites (tertiary alicyclic amines) is 1. The summed E-state index contributed by atoms with van der Waals surface area (Å²) in [6.07, 6.45) is 1.91. The van der Waals surface area contributed by atoms with Crippen LogP contribution in [-0.4, -0.2) is 44.0 Å². The van der Waals surface area contributed by atoms with E-state index in [1.54, 1.807) is 0 Å². The number of hydrogen-bond acceptors (Lipinski definition) is 4. The van der Waals surface area contributed by atoms with Gasteiger partial charge in [0, 0.05) is 12.6 Å². The zero-order valence-corrected chi connectivity index (χ0v) is 11.0. The van der Waals surface area contributed by atoms with Crippen molar-refractivity contribution in [3.05, 3.63) is 27.9 Å². The van der Waals surface area contributed by atoms with E-state index in [1.807, 2.05) is 0 Å². The fourth-order valence-corrected chi connectivity index (χ4v) is 2.48. The molecule has 108 valence electrons. The van der Waals surface area contributed by atoms with Crippen molar-refractivity contribution < 1.29 is 19.6 Å². The Hall–Kier alpha value is -2.38. The van der Waals surface area contributed by atoms with Gasteiger partial charge in [-0.1, -0.05) is 0 Å². The monoisotopic (exact) mass is 281 g/mol. The first kappa shape index (κ1) is 14.0. The van der Waals surface area contributed by atoms with Crippen molar-refractivity contribution in [3.8, 4) is 0 Å². The molecule has 0 spiro atoms. The summed E-state index contributed by atoms with van der Waals surface area (Å²) in [6.45, 7) is 0.356. The highest BCUT2D eigenvalue weighted by Crippen LogP contribution is 2.22. The molecule has 0 aliphatic carbocycles. The van der Waals surface area contributed by atoms with Gasteiger partial charge in [0.15, 0.2) is 5.69 Å². The molecule has 1 fully saturated rings. The fourth-order valence-electron chi connectivity index (χ4n) is 2.48. The normalized spacial score (nSPS) is 18.9. The lowest BCUT2D eigenvalue weighted by Gasteiger charge is -2.32. The number of hydrogen-bond donors (Lipinski definition) is 1. The molecular weight excluding hydrogens is 266 g/mol. The van der Waals surface area contributed by atoms with Gasteiger partial charge in [-0.25, -0.2) is 9.36 Å². The summed E-state index contributed by atoms with van der Waals surface area (Å²) >= 11 is 0. The highest BCUT2D eigenvalue weighted by Gasteiger charge is 2.35. The minimum atomic E-state index is -1.04. The second-order valence-electron chi connectivity index (χ2n) is 4.74. The summed E-state index contributed by atoms with van der Waals surface area (Å²) in [4.78, 5) is 35.1. The van der Waals surface area contributed by atoms with Crippen LogP contribution in [0.2, 0.25) is 0 Å². The van der Waals surface area contributed by atoms with Gasteiger partial charge in [-0.15, -0.1) is 0 Å². The van der Waals surface area contributed by atoms with Gasteiger partial charge in [-0.05, 0) is 30.3 Å². The van der Waals surface area contributed by atoms with Crippen LogP contribution in [0.4, 0.5) is 5.82 Å². The SMILES string of the molecule is Cn1c(C(=O)N2CCCCC2C(=O)O)ccc1[N+](=O)[O-]. The quantitative estimate of drug-likeness (QED) is 0.657. The number of nitrogens with zero attached hydrogens (tertiary/aromatic N) is 3. The molecule has 1 aliphatic rings. The average molecular weight is 281 g/mol. The van der Waals surface area contributed by atoms with Crippen LogP contribution in [-0.2, 0) is 11.8 Å². The number of carboxylic acid groups (broad SMARTS) is 1. The van der Waals surface area contributed by atoms with Crippen LogP contribution in [0.15, 0.2) is 12.1 Å². The van der Waals surface area contributed by atoms with Crippen LogP contribution in [0.5, 0.6) is 0 Å². The molecular formula is C12H15N3O5. The molecule has 0 aromatic carbocycles. The Morgan fingerprint density at radius 3 is 2.65 bits per heavy atom. The maximum atomic E-state index is 12.4. The Morgan fingerprint density at radius 2 is 2.10 bits per heavy atom. The molecule has 1 saturated heterocycles. The predicted octanol–water partition coefficient (Wildman–Crippen LogP) is 1.01. The van der Waals surface area contributed by atoms with E-state index in [0.717, 1.165) is 12.8 Å². The lowest BCUT2D eigenvalue weighted by Crippen LogP contribution is -2.48. The van der Waals surface area contributed by atoms with E-state index in [1.165, 1.54) is 28.6 Å². The number of carbonyl (C=O) groups excluding carboxylic acids is 1. The fraction of sp³-hybridized carbons (Fsp3) is 0.500. The summed E-state index contributed by atoms with van der Waals surface area (Å²) in [7, 11) is 1.42. The third kappa shape index (κ3) is 2.36. The van der Waals surface area contributed by atoms with Crippen molar-refractivity contribution in [2.45, 2.75) is 25.3 Å². The molecule has 1 atom stereocenters. The second kappa shape index (κ2) is 5.32. The number of aliphatic carboxylic acids is 1. The Labute approximate surface area is 114 Å². The number of amides is 1. The molecule has 1 aliphatic heterocycles. The van der Waals surface area contributed by atoms with Crippen molar-refractivity contribution in [1.29, 1.82) is 0 Å². The first-order valence-electron chi connectivity index (χ1n) is 6.27. The molecule has 0 bridgehead atoms. The third-order valence-corrected chi connectivity index (χ3v) is 3.55. The molecule has 20 heavy (non-hydrogen) atoms. The smallest absolute Gasteiger partial charge is 0.326 e. The van der Waals surface area contributed by atoms with E-state index in [4.69, 9.17) is 5.11 Å². The highest BCUT2D eigenvalue weighted by atomic mass is 16.6. The Balaban J connectivity index is 2.30. The number of nitro groups is 1. The molecule has 8 heteroatoms. The minimum Gasteiger partial charge on any atom is -0.480 e. The van der Waals surface area contributed by atoms with E-state index < -0.39 is 22.8 Å². The molecule has 2 heterocycles. The molecule has 2 rings (SSSR count). The van der Waals surface area contributed by atoms with Gasteiger partial charge in [0.05, 0.1) is 7.05 Å². The zero-order valence-electron chi connectivity index (χ0n) is 11.0. The van der Waals surface area contributed by atoms with Crippen molar-refractivity contribution in [2.24, 2.45) is 7.05 Å². The van der Waals surface area contributed by atoms with Gasteiger partial charge in [-0.2, -0.15) is 0 Å². The number of aromatic nitrogens is 1. The van der Waals surface area contributed by atoms with Gasteiger partial charge in [-0.3, -0.25) is 4.79 Å². The van der Waals surface area contributed by atoms with Gasteiger partial charge < -0.3 is 20.1 Å². The van der Waals surface area contributed by atoms with Crippen LogP contribution in [0, 0.1) is 10.1 Å². The minimum absolute atomic E-state index is 0.129. The van der Waals surface area contributed by atoms with Crippen LogP contribution in [0.1, 0.15) is 29.8 Å². The maximum Gasteiger partial charge on any atom is 0.326 e. The number of rotatable bonds is 3. The molecule has 1 unspecified atom stereocenters. The maximum absolute atomic E-state index is 12.4. The number of carboxylic acids is 1. The Bertz CT molecular complexity index is 565. The van der Waals surface area contributed by atoms with E-state index in [2.05, 4.69) is 0 Å². The number of carbonyl (C=O) groups is 2. The Morgan fingerprint density at radius 1 is 1.40 bits per heavy atom. The second-order valence-corrected chi connectivity index (χ2v) is 4.74. The molecule has 0 radical (unpaired) electrons. The van der Waals surface area contributed by atoms with Crippen LogP contribution in [0.3, 0.4) is 0 Å². The van der Waals surface area contributed by atoms with Crippen molar-refractivity contribution in [2.75, 3.05) is 6.54 Å². The molecule has 1 aromatic rings. The standard InChI is InChI=1S/C12H15N3O5/c1-13-8(5-6-10(13)15(19)20)11(16)14-7-3-2-4-9(14)12(17)18/h5-6,9H,2-4,7H2,1H3,(H,17,18). The zero-order chi connectivity index (χ0) is 14.9. The van der Waals surface area contributed by atoms with Gasteiger partial charge in [0.25, 0.3) is 5.91 Å². The van der Waals surface area contributed by atoms with Crippen molar-refractivity contribution in [3.63, 3.8) is 0 Å². The average Bonchev–Trinajstić information content (AvgIpc) is 2.79. The van der Waals surface area contributed by atoms with Crippen molar-refractivity contribution >= 4 is 17.7 Å². The lowest BCUT2D eigenvalue weighted by atomic mass is 10.0. The summed E-state index contributed by atoms with van der Waals surface area (Å²) in [6, 6.07) is 1.74. The molecule has 1 amide bonds. The van der Waals surface area contributed by atoms with Gasteiger partial charge >= 0.3 is 11.8 Å². The van der Waals surface area contributed by atoms with Crippen molar-refractivity contribution in [1.82, 2.24) is 9.47 Å². The molecule has 1 N–H and O–H groups in total. The lowest BCUT2D eigenvalue weighted by molar-refractivity contribution is -0.391. The predicted molar refractivity (Wildman–Crippen MR) is 68.4 cm³/mol. The molecule has 1 aromatic heterocycles. The van der Waals surface area contributed by atoms with Crippen LogP contribution >= 0.6 is 0 Å². The topological polar surface area (TPSA) is 106 Å². The summed E-state index contributed by atoms with van der Waals surface area (Å²) in [5.41, 5.74) is 0.129. The molecule has 8 nitrogen and oxygen atoms in total. The molecule has 0 saturated carbocycles. The number of piperidine rings is 1. The summed E-state index contributed by atoms with van der Waals surface area (Å²) < 4.78 is 1.18. The first-order chi connectivity index (χ1) is 9.43. The summed E-state index contributed by atoms with van der Waals surface area (Å²) in [5, 5.41) is 19.9. The van der Waals surface area contributed by atoms with E-state index in [0.29, 0.717) is 13.0 Å². The van der Waals surface area contributed by atoms with Gasteiger partial charge in [0.2, 0.25) is 0 Å². The largest absolute Gasteiger partial charge is 0.480 e. The van der Waals surface area contributed by atoms with Gasteiger partial charge in [0.1, 0.15) is 6.04 Å². The van der Waals surface area contributed by atoms with E-state index in [-0.39, 0.29) is 11.5 Å². The highest BCUT2D eigenvalue weighted by molar-refractivity contribution is 5.96. The van der Waals surface area contributed by atoms with E-state index >= 15 is 0 Å². The van der Waals surface area contributed by atoms with Crippen LogP contribution in [0.25, 0.3) is 0 Å². The van der Waals surface area contributed by atoms with Crippen LogP contribution < -0.4 is 0 Å². The van der Waals surface area contributed by atoms with E-state index in [9.17, 15) is 19.7 Å². The first-order valence-corrected chi connectivity index (χ1v) is 6.27. The third-order valence-electron chi connectivity index (χ3n) is 3.55. The summed E-state index contributed by atoms with van der Waals surface area (Å²) in [5.74, 6) is -1.72. The Kier molecular flexibility index (Phi) is 3.73.